The highest BCUT2D eigenvalue weighted by atomic mass is 16.2. The Morgan fingerprint density at radius 3 is 2.52 bits per heavy atom. The third-order valence-electron chi connectivity index (χ3n) is 4.39. The van der Waals surface area contributed by atoms with Crippen LogP contribution in [0.1, 0.15) is 40.5 Å². The number of benzene rings is 1. The van der Waals surface area contributed by atoms with Crippen molar-refractivity contribution in [1.29, 1.82) is 0 Å². The number of amides is 2. The Kier molecular flexibility index (Phi) is 5.45. The fourth-order valence-corrected chi connectivity index (χ4v) is 3.08. The molecule has 0 aromatic heterocycles. The van der Waals surface area contributed by atoms with Crippen molar-refractivity contribution in [2.75, 3.05) is 18.4 Å². The van der Waals surface area contributed by atoms with Crippen molar-refractivity contribution in [1.82, 2.24) is 4.90 Å². The van der Waals surface area contributed by atoms with Gasteiger partial charge in [-0.3, -0.25) is 9.59 Å². The standard InChI is InChI=1S/C19H28N2O2/c1-14(17(22)20-16-8-6-5-7-9-16)12-15-10-11-21(13-15)18(23)19(2,3)4/h5-9,14-15H,10-13H2,1-4H3,(H,20,22). The van der Waals surface area contributed by atoms with E-state index in [4.69, 9.17) is 0 Å². The molecule has 4 nitrogen and oxygen atoms in total. The lowest BCUT2D eigenvalue weighted by Gasteiger charge is -2.26. The normalized spacial score (nSPS) is 19.5. The molecular weight excluding hydrogens is 288 g/mol. The quantitative estimate of drug-likeness (QED) is 0.923. The Balaban J connectivity index is 1.83. The number of hydrogen-bond acceptors (Lipinski definition) is 2. The molecule has 0 spiro atoms. The zero-order chi connectivity index (χ0) is 17.0. The number of hydrogen-bond donors (Lipinski definition) is 1. The summed E-state index contributed by atoms with van der Waals surface area (Å²) < 4.78 is 0. The van der Waals surface area contributed by atoms with E-state index in [1.807, 2.05) is 62.9 Å². The minimum absolute atomic E-state index is 0.0510. The fourth-order valence-electron chi connectivity index (χ4n) is 3.08. The number of anilines is 1. The Labute approximate surface area is 139 Å². The summed E-state index contributed by atoms with van der Waals surface area (Å²) in [5.74, 6) is 0.626. The van der Waals surface area contributed by atoms with E-state index in [-0.39, 0.29) is 23.1 Å². The van der Waals surface area contributed by atoms with Crippen LogP contribution < -0.4 is 5.32 Å². The van der Waals surface area contributed by atoms with E-state index in [0.29, 0.717) is 5.92 Å². The summed E-state index contributed by atoms with van der Waals surface area (Å²) >= 11 is 0. The van der Waals surface area contributed by atoms with Crippen LogP contribution in [0.3, 0.4) is 0 Å². The third-order valence-corrected chi connectivity index (χ3v) is 4.39. The van der Waals surface area contributed by atoms with Gasteiger partial charge in [0.1, 0.15) is 0 Å². The number of likely N-dealkylation sites (tertiary alicyclic amines) is 1. The van der Waals surface area contributed by atoms with Gasteiger partial charge in [-0.1, -0.05) is 45.9 Å². The van der Waals surface area contributed by atoms with E-state index < -0.39 is 0 Å². The van der Waals surface area contributed by atoms with Gasteiger partial charge in [0.15, 0.2) is 0 Å². The monoisotopic (exact) mass is 316 g/mol. The molecule has 0 saturated carbocycles. The largest absolute Gasteiger partial charge is 0.342 e. The molecule has 2 atom stereocenters. The second-order valence-electron chi connectivity index (χ2n) is 7.65. The lowest BCUT2D eigenvalue weighted by molar-refractivity contribution is -0.138. The highest BCUT2D eigenvalue weighted by molar-refractivity contribution is 5.92. The first-order valence-electron chi connectivity index (χ1n) is 8.42. The molecule has 1 saturated heterocycles. The summed E-state index contributed by atoms with van der Waals surface area (Å²) in [6.07, 6.45) is 1.82. The topological polar surface area (TPSA) is 49.4 Å². The highest BCUT2D eigenvalue weighted by Crippen LogP contribution is 2.28. The molecule has 0 radical (unpaired) electrons. The van der Waals surface area contributed by atoms with Crippen molar-refractivity contribution in [3.05, 3.63) is 30.3 Å². The minimum Gasteiger partial charge on any atom is -0.342 e. The second kappa shape index (κ2) is 7.16. The summed E-state index contributed by atoms with van der Waals surface area (Å²) in [5.41, 5.74) is 0.505. The number of nitrogens with zero attached hydrogens (tertiary/aromatic N) is 1. The van der Waals surface area contributed by atoms with Gasteiger partial charge in [0.2, 0.25) is 11.8 Å². The molecule has 2 unspecified atom stereocenters. The molecule has 1 fully saturated rings. The molecule has 1 heterocycles. The predicted octanol–water partition coefficient (Wildman–Crippen LogP) is 3.55. The number of para-hydroxylation sites is 1. The Bertz CT molecular complexity index is 548. The van der Waals surface area contributed by atoms with E-state index in [9.17, 15) is 9.59 Å². The van der Waals surface area contributed by atoms with Gasteiger partial charge in [-0.25, -0.2) is 0 Å². The van der Waals surface area contributed by atoms with Gasteiger partial charge in [0.25, 0.3) is 0 Å². The molecule has 126 valence electrons. The van der Waals surface area contributed by atoms with Crippen LogP contribution in [0.4, 0.5) is 5.69 Å². The van der Waals surface area contributed by atoms with Crippen LogP contribution in [0.25, 0.3) is 0 Å². The van der Waals surface area contributed by atoms with E-state index in [1.165, 1.54) is 0 Å². The molecule has 4 heteroatoms. The molecule has 1 aliphatic heterocycles. The van der Waals surface area contributed by atoms with Gasteiger partial charge in [0.05, 0.1) is 0 Å². The van der Waals surface area contributed by atoms with Gasteiger partial charge in [0, 0.05) is 30.1 Å². The number of nitrogens with one attached hydrogen (secondary N) is 1. The molecule has 1 N–H and O–H groups in total. The molecule has 0 aliphatic carbocycles. The van der Waals surface area contributed by atoms with Gasteiger partial charge < -0.3 is 10.2 Å². The number of rotatable bonds is 4. The number of carbonyl (C=O) groups excluding carboxylic acids is 2. The van der Waals surface area contributed by atoms with Gasteiger partial charge >= 0.3 is 0 Å². The average molecular weight is 316 g/mol. The van der Waals surface area contributed by atoms with Crippen LogP contribution in [0.5, 0.6) is 0 Å². The summed E-state index contributed by atoms with van der Waals surface area (Å²) in [7, 11) is 0. The first-order valence-corrected chi connectivity index (χ1v) is 8.42. The summed E-state index contributed by atoms with van der Waals surface area (Å²) in [5, 5.41) is 2.95. The van der Waals surface area contributed by atoms with E-state index in [2.05, 4.69) is 5.32 Å². The average Bonchev–Trinajstić information content (AvgIpc) is 2.94. The van der Waals surface area contributed by atoms with Gasteiger partial charge in [-0.05, 0) is 30.9 Å². The fraction of sp³-hybridized carbons (Fsp3) is 0.579. The van der Waals surface area contributed by atoms with Crippen LogP contribution in [0.2, 0.25) is 0 Å². The summed E-state index contributed by atoms with van der Waals surface area (Å²) in [6.45, 7) is 9.43. The molecular formula is C19H28N2O2. The van der Waals surface area contributed by atoms with Crippen molar-refractivity contribution in [2.24, 2.45) is 17.3 Å². The summed E-state index contributed by atoms with van der Waals surface area (Å²) in [4.78, 5) is 26.6. The van der Waals surface area contributed by atoms with E-state index >= 15 is 0 Å². The second-order valence-corrected chi connectivity index (χ2v) is 7.65. The molecule has 1 aromatic rings. The Morgan fingerprint density at radius 2 is 1.91 bits per heavy atom. The SMILES string of the molecule is CC(CC1CCN(C(=O)C(C)(C)C)C1)C(=O)Nc1ccccc1. The van der Waals surface area contributed by atoms with Gasteiger partial charge in [-0.15, -0.1) is 0 Å². The Morgan fingerprint density at radius 1 is 1.26 bits per heavy atom. The van der Waals surface area contributed by atoms with Crippen molar-refractivity contribution in [3.63, 3.8) is 0 Å². The molecule has 0 bridgehead atoms. The highest BCUT2D eigenvalue weighted by Gasteiger charge is 2.33. The van der Waals surface area contributed by atoms with Crippen molar-refractivity contribution in [3.8, 4) is 0 Å². The first kappa shape index (κ1) is 17.5. The van der Waals surface area contributed by atoms with Gasteiger partial charge in [-0.2, -0.15) is 0 Å². The molecule has 1 aliphatic rings. The zero-order valence-electron chi connectivity index (χ0n) is 14.6. The lowest BCUT2D eigenvalue weighted by atomic mass is 9.93. The van der Waals surface area contributed by atoms with Crippen LogP contribution >= 0.6 is 0 Å². The van der Waals surface area contributed by atoms with Crippen molar-refractivity contribution < 1.29 is 9.59 Å². The predicted molar refractivity (Wildman–Crippen MR) is 93.0 cm³/mol. The smallest absolute Gasteiger partial charge is 0.227 e. The van der Waals surface area contributed by atoms with Crippen LogP contribution in [0.15, 0.2) is 30.3 Å². The molecule has 1 aromatic carbocycles. The lowest BCUT2D eigenvalue weighted by Crippen LogP contribution is -2.38. The summed E-state index contributed by atoms with van der Waals surface area (Å²) in [6, 6.07) is 9.53. The maximum Gasteiger partial charge on any atom is 0.227 e. The van der Waals surface area contributed by atoms with Crippen LogP contribution in [-0.2, 0) is 9.59 Å². The van der Waals surface area contributed by atoms with Crippen molar-refractivity contribution in [2.45, 2.75) is 40.5 Å². The van der Waals surface area contributed by atoms with E-state index in [1.54, 1.807) is 0 Å². The first-order chi connectivity index (χ1) is 10.8. The van der Waals surface area contributed by atoms with Crippen LogP contribution in [-0.4, -0.2) is 29.8 Å². The van der Waals surface area contributed by atoms with Crippen LogP contribution in [0, 0.1) is 17.3 Å². The molecule has 23 heavy (non-hydrogen) atoms. The van der Waals surface area contributed by atoms with Crippen molar-refractivity contribution >= 4 is 17.5 Å². The maximum absolute atomic E-state index is 12.3. The zero-order valence-corrected chi connectivity index (χ0v) is 14.6. The number of carbonyl (C=O) groups is 2. The third kappa shape index (κ3) is 4.81. The molecule has 2 rings (SSSR count). The Hall–Kier alpha value is -1.84. The maximum atomic E-state index is 12.3. The molecule has 2 amide bonds. The van der Waals surface area contributed by atoms with E-state index in [0.717, 1.165) is 31.6 Å². The minimum atomic E-state index is -0.328.